The standard InChI is InChI=1S/C22H23N3O2/c1-2-3-4-5-11-26-18-9-6-8-16(13-18)21-24-19-14-17(15-23-22(19)25-21)20-10-7-12-27-20/h6-10,12-15H,2-5,11H2,1H3,(H,23,24,25). The minimum atomic E-state index is 0.748. The van der Waals surface area contributed by atoms with Crippen LogP contribution < -0.4 is 4.74 Å². The Hall–Kier alpha value is -3.08. The Morgan fingerprint density at radius 3 is 2.85 bits per heavy atom. The second-order valence-electron chi connectivity index (χ2n) is 6.59. The summed E-state index contributed by atoms with van der Waals surface area (Å²) in [7, 11) is 0. The Labute approximate surface area is 158 Å². The van der Waals surface area contributed by atoms with Crippen molar-refractivity contribution >= 4 is 11.2 Å². The first-order valence-electron chi connectivity index (χ1n) is 9.46. The summed E-state index contributed by atoms with van der Waals surface area (Å²) < 4.78 is 11.3. The molecular formula is C22H23N3O2. The van der Waals surface area contributed by atoms with Gasteiger partial charge in [-0.15, -0.1) is 0 Å². The first-order chi connectivity index (χ1) is 13.3. The Morgan fingerprint density at radius 2 is 2.00 bits per heavy atom. The van der Waals surface area contributed by atoms with Crippen molar-refractivity contribution in [1.29, 1.82) is 0 Å². The number of imidazole rings is 1. The molecule has 0 spiro atoms. The molecule has 0 amide bonds. The van der Waals surface area contributed by atoms with E-state index in [1.165, 1.54) is 19.3 Å². The maximum atomic E-state index is 5.89. The Morgan fingerprint density at radius 1 is 1.04 bits per heavy atom. The molecule has 5 nitrogen and oxygen atoms in total. The third kappa shape index (κ3) is 4.03. The molecule has 4 rings (SSSR count). The topological polar surface area (TPSA) is 63.9 Å². The lowest BCUT2D eigenvalue weighted by Gasteiger charge is -2.07. The minimum Gasteiger partial charge on any atom is -0.494 e. The van der Waals surface area contributed by atoms with Crippen LogP contribution in [0.4, 0.5) is 0 Å². The molecule has 4 aromatic rings. The van der Waals surface area contributed by atoms with E-state index in [2.05, 4.69) is 16.9 Å². The second kappa shape index (κ2) is 8.08. The monoisotopic (exact) mass is 361 g/mol. The van der Waals surface area contributed by atoms with Gasteiger partial charge in [-0.05, 0) is 36.8 Å². The number of aromatic amines is 1. The molecule has 0 aliphatic carbocycles. The van der Waals surface area contributed by atoms with E-state index >= 15 is 0 Å². The Kier molecular flexibility index (Phi) is 5.19. The zero-order chi connectivity index (χ0) is 18.5. The summed E-state index contributed by atoms with van der Waals surface area (Å²) in [6.45, 7) is 2.96. The molecule has 1 aromatic carbocycles. The van der Waals surface area contributed by atoms with Gasteiger partial charge >= 0.3 is 0 Å². The van der Waals surface area contributed by atoms with Crippen LogP contribution in [0.25, 0.3) is 33.9 Å². The highest BCUT2D eigenvalue weighted by Crippen LogP contribution is 2.26. The van der Waals surface area contributed by atoms with Crippen LogP contribution in [0.15, 0.2) is 59.3 Å². The molecule has 1 N–H and O–H groups in total. The van der Waals surface area contributed by atoms with Gasteiger partial charge in [0, 0.05) is 17.3 Å². The van der Waals surface area contributed by atoms with Crippen LogP contribution in [-0.2, 0) is 0 Å². The fraction of sp³-hybridized carbons (Fsp3) is 0.273. The molecule has 27 heavy (non-hydrogen) atoms. The number of unbranched alkanes of at least 4 members (excludes halogenated alkanes) is 3. The van der Waals surface area contributed by atoms with Gasteiger partial charge in [0.2, 0.25) is 0 Å². The smallest absolute Gasteiger partial charge is 0.157 e. The SMILES string of the molecule is CCCCCCOc1cccc(-c2nc3cc(-c4ccco4)cnc3[nH]2)c1. The van der Waals surface area contributed by atoms with Gasteiger partial charge in [0.25, 0.3) is 0 Å². The maximum Gasteiger partial charge on any atom is 0.157 e. The van der Waals surface area contributed by atoms with Crippen LogP contribution >= 0.6 is 0 Å². The number of nitrogens with zero attached hydrogens (tertiary/aromatic N) is 2. The van der Waals surface area contributed by atoms with E-state index in [4.69, 9.17) is 14.1 Å². The van der Waals surface area contributed by atoms with Crippen molar-refractivity contribution in [3.8, 4) is 28.5 Å². The second-order valence-corrected chi connectivity index (χ2v) is 6.59. The van der Waals surface area contributed by atoms with Gasteiger partial charge < -0.3 is 14.1 Å². The van der Waals surface area contributed by atoms with Gasteiger partial charge in [0.1, 0.15) is 22.9 Å². The largest absolute Gasteiger partial charge is 0.494 e. The van der Waals surface area contributed by atoms with E-state index in [9.17, 15) is 0 Å². The fourth-order valence-electron chi connectivity index (χ4n) is 3.06. The molecule has 0 fully saturated rings. The van der Waals surface area contributed by atoms with Crippen LogP contribution in [0.1, 0.15) is 32.6 Å². The van der Waals surface area contributed by atoms with Crippen LogP contribution in [-0.4, -0.2) is 21.6 Å². The number of hydrogen-bond acceptors (Lipinski definition) is 4. The van der Waals surface area contributed by atoms with E-state index in [-0.39, 0.29) is 0 Å². The molecule has 0 unspecified atom stereocenters. The quantitative estimate of drug-likeness (QED) is 0.400. The lowest BCUT2D eigenvalue weighted by atomic mass is 10.2. The molecule has 0 aliphatic heterocycles. The van der Waals surface area contributed by atoms with Crippen molar-refractivity contribution in [2.24, 2.45) is 0 Å². The molecule has 0 atom stereocenters. The summed E-state index contributed by atoms with van der Waals surface area (Å²) in [4.78, 5) is 12.5. The van der Waals surface area contributed by atoms with Crippen molar-refractivity contribution in [2.45, 2.75) is 32.6 Å². The summed E-state index contributed by atoms with van der Waals surface area (Å²) in [6, 6.07) is 13.8. The Balaban J connectivity index is 1.52. The van der Waals surface area contributed by atoms with Crippen molar-refractivity contribution in [3.05, 3.63) is 54.9 Å². The molecule has 0 saturated carbocycles. The first kappa shape index (κ1) is 17.3. The molecule has 0 aliphatic rings. The first-order valence-corrected chi connectivity index (χ1v) is 9.46. The average Bonchev–Trinajstić information content (AvgIpc) is 3.37. The summed E-state index contributed by atoms with van der Waals surface area (Å²) in [5, 5.41) is 0. The number of H-pyrrole nitrogens is 1. The maximum absolute atomic E-state index is 5.89. The number of aromatic nitrogens is 3. The molecule has 5 heteroatoms. The van der Waals surface area contributed by atoms with Gasteiger partial charge in [-0.2, -0.15) is 0 Å². The predicted octanol–water partition coefficient (Wildman–Crippen LogP) is 5.84. The van der Waals surface area contributed by atoms with E-state index < -0.39 is 0 Å². The molecule has 3 aromatic heterocycles. The summed E-state index contributed by atoms with van der Waals surface area (Å²) >= 11 is 0. The molecule has 138 valence electrons. The van der Waals surface area contributed by atoms with Crippen molar-refractivity contribution < 1.29 is 9.15 Å². The summed E-state index contributed by atoms with van der Waals surface area (Å²) in [5.41, 5.74) is 3.46. The fourth-order valence-corrected chi connectivity index (χ4v) is 3.06. The molecule has 0 radical (unpaired) electrons. The van der Waals surface area contributed by atoms with E-state index in [1.807, 2.05) is 42.5 Å². The van der Waals surface area contributed by atoms with Crippen molar-refractivity contribution in [1.82, 2.24) is 15.0 Å². The number of fused-ring (bicyclic) bond motifs is 1. The van der Waals surface area contributed by atoms with E-state index in [0.717, 1.165) is 52.7 Å². The lowest BCUT2D eigenvalue weighted by Crippen LogP contribution is -1.97. The zero-order valence-corrected chi connectivity index (χ0v) is 15.4. The third-order valence-electron chi connectivity index (χ3n) is 4.52. The van der Waals surface area contributed by atoms with Gasteiger partial charge in [-0.1, -0.05) is 38.3 Å². The molecule has 0 saturated heterocycles. The summed E-state index contributed by atoms with van der Waals surface area (Å²) in [6.07, 6.45) is 8.24. The highest BCUT2D eigenvalue weighted by Gasteiger charge is 2.10. The van der Waals surface area contributed by atoms with Gasteiger partial charge in [0.05, 0.1) is 12.9 Å². The van der Waals surface area contributed by atoms with E-state index in [0.29, 0.717) is 0 Å². The average molecular weight is 361 g/mol. The van der Waals surface area contributed by atoms with Crippen LogP contribution in [0, 0.1) is 0 Å². The number of ether oxygens (including phenoxy) is 1. The van der Waals surface area contributed by atoms with Gasteiger partial charge in [-0.3, -0.25) is 0 Å². The normalized spacial score (nSPS) is 11.1. The number of benzene rings is 1. The molecule has 0 bridgehead atoms. The van der Waals surface area contributed by atoms with Crippen LogP contribution in [0.5, 0.6) is 5.75 Å². The predicted molar refractivity (Wildman–Crippen MR) is 107 cm³/mol. The third-order valence-corrected chi connectivity index (χ3v) is 4.52. The number of nitrogens with one attached hydrogen (secondary N) is 1. The van der Waals surface area contributed by atoms with E-state index in [1.54, 1.807) is 12.5 Å². The molecular weight excluding hydrogens is 338 g/mol. The highest BCUT2D eigenvalue weighted by molar-refractivity contribution is 5.80. The minimum absolute atomic E-state index is 0.748. The van der Waals surface area contributed by atoms with Crippen LogP contribution in [0.3, 0.4) is 0 Å². The van der Waals surface area contributed by atoms with Gasteiger partial charge in [-0.25, -0.2) is 9.97 Å². The van der Waals surface area contributed by atoms with Crippen molar-refractivity contribution in [3.63, 3.8) is 0 Å². The number of furan rings is 1. The molecule has 3 heterocycles. The number of rotatable bonds is 8. The van der Waals surface area contributed by atoms with Crippen LogP contribution in [0.2, 0.25) is 0 Å². The Bertz CT molecular complexity index is 1010. The van der Waals surface area contributed by atoms with Crippen molar-refractivity contribution in [2.75, 3.05) is 6.61 Å². The zero-order valence-electron chi connectivity index (χ0n) is 15.4. The van der Waals surface area contributed by atoms with Gasteiger partial charge in [0.15, 0.2) is 5.65 Å². The summed E-state index contributed by atoms with van der Waals surface area (Å²) in [5.74, 6) is 2.44. The lowest BCUT2D eigenvalue weighted by molar-refractivity contribution is 0.305. The number of hydrogen-bond donors (Lipinski definition) is 1. The highest BCUT2D eigenvalue weighted by atomic mass is 16.5. The number of pyridine rings is 1.